The third-order valence-electron chi connectivity index (χ3n) is 3.13. The molecule has 3 atom stereocenters. The fourth-order valence-electron chi connectivity index (χ4n) is 1.55. The van der Waals surface area contributed by atoms with E-state index >= 15 is 0 Å². The molecule has 0 bridgehead atoms. The van der Waals surface area contributed by atoms with Crippen molar-refractivity contribution < 1.29 is 23.9 Å². The van der Waals surface area contributed by atoms with Crippen LogP contribution < -0.4 is 10.6 Å². The SMILES string of the molecule is CCCOC(=O)NC(C)C(=O)NC(C(=O)OC)C(C)CC. The van der Waals surface area contributed by atoms with Gasteiger partial charge in [0, 0.05) is 0 Å². The molecule has 7 nitrogen and oxygen atoms in total. The van der Waals surface area contributed by atoms with Crippen molar-refractivity contribution in [3.8, 4) is 0 Å². The van der Waals surface area contributed by atoms with Gasteiger partial charge in [-0.15, -0.1) is 0 Å². The van der Waals surface area contributed by atoms with Crippen LogP contribution in [0.15, 0.2) is 0 Å². The zero-order valence-corrected chi connectivity index (χ0v) is 13.4. The molecule has 0 aromatic heterocycles. The number of methoxy groups -OCH3 is 1. The van der Waals surface area contributed by atoms with Crippen molar-refractivity contribution in [2.75, 3.05) is 13.7 Å². The highest BCUT2D eigenvalue weighted by Gasteiger charge is 2.28. The average molecular weight is 302 g/mol. The van der Waals surface area contributed by atoms with Gasteiger partial charge in [0.25, 0.3) is 0 Å². The molecule has 0 aliphatic carbocycles. The Kier molecular flexibility index (Phi) is 9.16. The third kappa shape index (κ3) is 6.97. The molecule has 0 heterocycles. The number of alkyl carbamates (subject to hydrolysis) is 1. The zero-order valence-electron chi connectivity index (χ0n) is 13.4. The molecular formula is C14H26N2O5. The lowest BCUT2D eigenvalue weighted by atomic mass is 9.99. The van der Waals surface area contributed by atoms with Crippen LogP contribution in [0.25, 0.3) is 0 Å². The summed E-state index contributed by atoms with van der Waals surface area (Å²) in [4.78, 5) is 35.1. The van der Waals surface area contributed by atoms with Gasteiger partial charge >= 0.3 is 12.1 Å². The van der Waals surface area contributed by atoms with Crippen molar-refractivity contribution in [1.29, 1.82) is 0 Å². The maximum absolute atomic E-state index is 12.0. The molecule has 21 heavy (non-hydrogen) atoms. The van der Waals surface area contributed by atoms with E-state index in [1.54, 1.807) is 0 Å². The summed E-state index contributed by atoms with van der Waals surface area (Å²) < 4.78 is 9.52. The van der Waals surface area contributed by atoms with Crippen molar-refractivity contribution in [1.82, 2.24) is 10.6 Å². The number of amides is 2. The first kappa shape index (κ1) is 19.2. The van der Waals surface area contributed by atoms with E-state index in [-0.39, 0.29) is 12.5 Å². The van der Waals surface area contributed by atoms with E-state index in [9.17, 15) is 14.4 Å². The quantitative estimate of drug-likeness (QED) is 0.657. The van der Waals surface area contributed by atoms with Gasteiger partial charge in [0.1, 0.15) is 12.1 Å². The third-order valence-corrected chi connectivity index (χ3v) is 3.13. The second-order valence-corrected chi connectivity index (χ2v) is 4.90. The second-order valence-electron chi connectivity index (χ2n) is 4.90. The number of hydrogen-bond donors (Lipinski definition) is 2. The van der Waals surface area contributed by atoms with E-state index in [4.69, 9.17) is 4.74 Å². The molecular weight excluding hydrogens is 276 g/mol. The Hall–Kier alpha value is -1.79. The predicted octanol–water partition coefficient (Wildman–Crippen LogP) is 1.21. The van der Waals surface area contributed by atoms with Gasteiger partial charge in [-0.05, 0) is 19.3 Å². The van der Waals surface area contributed by atoms with Crippen LogP contribution in [0.5, 0.6) is 0 Å². The Bertz CT molecular complexity index is 359. The van der Waals surface area contributed by atoms with Crippen LogP contribution in [0, 0.1) is 5.92 Å². The first-order chi connectivity index (χ1) is 9.87. The van der Waals surface area contributed by atoms with E-state index in [1.165, 1.54) is 14.0 Å². The fourth-order valence-corrected chi connectivity index (χ4v) is 1.55. The van der Waals surface area contributed by atoms with Gasteiger partial charge in [-0.25, -0.2) is 9.59 Å². The van der Waals surface area contributed by atoms with Crippen LogP contribution in [0.4, 0.5) is 4.79 Å². The molecule has 0 rings (SSSR count). The van der Waals surface area contributed by atoms with E-state index in [2.05, 4.69) is 15.4 Å². The van der Waals surface area contributed by atoms with Crippen LogP contribution in [0.2, 0.25) is 0 Å². The fraction of sp³-hybridized carbons (Fsp3) is 0.786. The Morgan fingerprint density at radius 1 is 1.10 bits per heavy atom. The summed E-state index contributed by atoms with van der Waals surface area (Å²) in [7, 11) is 1.27. The lowest BCUT2D eigenvalue weighted by Gasteiger charge is -2.23. The predicted molar refractivity (Wildman–Crippen MR) is 77.6 cm³/mol. The van der Waals surface area contributed by atoms with Gasteiger partial charge in [0.05, 0.1) is 13.7 Å². The first-order valence-corrected chi connectivity index (χ1v) is 7.18. The van der Waals surface area contributed by atoms with Gasteiger partial charge in [-0.3, -0.25) is 4.79 Å². The number of carbonyl (C=O) groups is 3. The van der Waals surface area contributed by atoms with Gasteiger partial charge in [0.15, 0.2) is 0 Å². The molecule has 0 aliphatic heterocycles. The highest BCUT2D eigenvalue weighted by molar-refractivity contribution is 5.89. The number of esters is 1. The minimum atomic E-state index is -0.800. The molecule has 122 valence electrons. The summed E-state index contributed by atoms with van der Waals surface area (Å²) >= 11 is 0. The number of ether oxygens (including phenoxy) is 2. The lowest BCUT2D eigenvalue weighted by Crippen LogP contribution is -2.52. The Morgan fingerprint density at radius 2 is 1.71 bits per heavy atom. The highest BCUT2D eigenvalue weighted by atomic mass is 16.5. The molecule has 3 unspecified atom stereocenters. The van der Waals surface area contributed by atoms with E-state index < -0.39 is 30.1 Å². The summed E-state index contributed by atoms with van der Waals surface area (Å²) in [6.07, 6.45) is 0.755. The topological polar surface area (TPSA) is 93.7 Å². The van der Waals surface area contributed by atoms with Crippen molar-refractivity contribution in [2.24, 2.45) is 5.92 Å². The van der Waals surface area contributed by atoms with Crippen LogP contribution in [-0.4, -0.2) is 43.8 Å². The van der Waals surface area contributed by atoms with E-state index in [0.29, 0.717) is 12.8 Å². The molecule has 0 radical (unpaired) electrons. The number of hydrogen-bond acceptors (Lipinski definition) is 5. The molecule has 0 saturated heterocycles. The normalized spacial score (nSPS) is 14.5. The summed E-state index contributed by atoms with van der Waals surface area (Å²) in [6.45, 7) is 7.44. The van der Waals surface area contributed by atoms with E-state index in [1.807, 2.05) is 20.8 Å². The summed E-state index contributed by atoms with van der Waals surface area (Å²) in [5.41, 5.74) is 0. The number of rotatable bonds is 8. The molecule has 0 aromatic rings. The van der Waals surface area contributed by atoms with Crippen molar-refractivity contribution in [3.05, 3.63) is 0 Å². The van der Waals surface area contributed by atoms with Crippen molar-refractivity contribution in [3.63, 3.8) is 0 Å². The van der Waals surface area contributed by atoms with Crippen LogP contribution in [0.1, 0.15) is 40.5 Å². The average Bonchev–Trinajstić information content (AvgIpc) is 2.48. The maximum Gasteiger partial charge on any atom is 0.407 e. The van der Waals surface area contributed by atoms with Gasteiger partial charge < -0.3 is 20.1 Å². The van der Waals surface area contributed by atoms with Crippen molar-refractivity contribution >= 4 is 18.0 Å². The first-order valence-electron chi connectivity index (χ1n) is 7.18. The monoisotopic (exact) mass is 302 g/mol. The minimum Gasteiger partial charge on any atom is -0.467 e. The molecule has 7 heteroatoms. The van der Waals surface area contributed by atoms with Gasteiger partial charge in [-0.1, -0.05) is 27.2 Å². The molecule has 0 fully saturated rings. The highest BCUT2D eigenvalue weighted by Crippen LogP contribution is 2.09. The minimum absolute atomic E-state index is 0.0688. The molecule has 0 spiro atoms. The molecule has 0 aliphatic rings. The summed E-state index contributed by atoms with van der Waals surface area (Å²) in [5, 5.41) is 5.00. The molecule has 2 N–H and O–H groups in total. The summed E-state index contributed by atoms with van der Waals surface area (Å²) in [5.74, 6) is -1.03. The Labute approximate surface area is 125 Å². The maximum atomic E-state index is 12.0. The Morgan fingerprint density at radius 3 is 2.19 bits per heavy atom. The summed E-state index contributed by atoms with van der Waals surface area (Å²) in [6, 6.07) is -1.53. The molecule has 0 aromatic carbocycles. The zero-order chi connectivity index (χ0) is 16.4. The molecule has 0 saturated carbocycles. The van der Waals surface area contributed by atoms with Crippen LogP contribution in [-0.2, 0) is 19.1 Å². The van der Waals surface area contributed by atoms with Crippen LogP contribution >= 0.6 is 0 Å². The van der Waals surface area contributed by atoms with Crippen LogP contribution in [0.3, 0.4) is 0 Å². The van der Waals surface area contributed by atoms with Gasteiger partial charge in [-0.2, -0.15) is 0 Å². The lowest BCUT2D eigenvalue weighted by molar-refractivity contribution is -0.146. The standard InChI is InChI=1S/C14H26N2O5/c1-6-8-21-14(19)15-10(4)12(17)16-11(9(3)7-2)13(18)20-5/h9-11H,6-8H2,1-5H3,(H,15,19)(H,16,17). The molecule has 2 amide bonds. The smallest absolute Gasteiger partial charge is 0.407 e. The Balaban J connectivity index is 4.53. The van der Waals surface area contributed by atoms with Crippen molar-refractivity contribution in [2.45, 2.75) is 52.6 Å². The number of nitrogens with one attached hydrogen (secondary N) is 2. The van der Waals surface area contributed by atoms with E-state index in [0.717, 1.165) is 0 Å². The second kappa shape index (κ2) is 10.0. The largest absolute Gasteiger partial charge is 0.467 e. The number of carbonyl (C=O) groups excluding carboxylic acids is 3. The van der Waals surface area contributed by atoms with Gasteiger partial charge in [0.2, 0.25) is 5.91 Å².